The summed E-state index contributed by atoms with van der Waals surface area (Å²) in [5.74, 6) is 0. The average molecular weight is 629 g/mol. The Kier molecular flexibility index (Phi) is 35.5. The molecule has 218 valence electrons. The minimum Gasteiger partial charge on any atom is -0.150 e. The molecule has 0 atom stereocenters. The van der Waals surface area contributed by atoms with Gasteiger partial charge in [0.15, 0.2) is 0 Å². The Bertz CT molecular complexity index is 381. The van der Waals surface area contributed by atoms with Crippen molar-refractivity contribution in [2.75, 3.05) is 5.33 Å². The van der Waals surface area contributed by atoms with E-state index >= 15 is 0 Å². The van der Waals surface area contributed by atoms with Gasteiger partial charge in [-0.3, -0.25) is 0 Å². The van der Waals surface area contributed by atoms with Crippen LogP contribution in [-0.4, -0.2) is 12.7 Å². The Morgan fingerprint density at radius 2 is 0.444 bits per heavy atom. The van der Waals surface area contributed by atoms with Gasteiger partial charge in [0.25, 0.3) is 0 Å². The summed E-state index contributed by atoms with van der Waals surface area (Å²) in [6, 6.07) is 1.10. The van der Waals surface area contributed by atoms with Crippen LogP contribution >= 0.6 is 38.1 Å². The zero-order valence-corrected chi connectivity index (χ0v) is 28.6. The first kappa shape index (κ1) is 37.3. The first-order chi connectivity index (χ1) is 17.8. The first-order valence-electron chi connectivity index (χ1n) is 16.6. The lowest BCUT2D eigenvalue weighted by atomic mass is 10.0. The van der Waals surface area contributed by atoms with E-state index in [1.807, 2.05) is 0 Å². The average Bonchev–Trinajstić information content (AvgIpc) is 2.87. The van der Waals surface area contributed by atoms with E-state index < -0.39 is 7.42 Å². The van der Waals surface area contributed by atoms with E-state index in [9.17, 15) is 0 Å². The molecule has 0 heterocycles. The van der Waals surface area contributed by atoms with Gasteiger partial charge >= 0.3 is 0 Å². The van der Waals surface area contributed by atoms with E-state index in [1.165, 1.54) is 198 Å². The predicted octanol–water partition coefficient (Wildman–Crippen LogP) is 13.8. The summed E-state index contributed by atoms with van der Waals surface area (Å²) in [6.07, 6.45) is 43.5. The number of hydrogen-bond acceptors (Lipinski definition) is 0. The highest BCUT2D eigenvalue weighted by Gasteiger charge is 2.01. The quantitative estimate of drug-likeness (QED) is 0.0301. The Hall–Kier alpha value is 1.28. The van der Waals surface area contributed by atoms with Crippen LogP contribution in [0.4, 0.5) is 0 Å². The lowest BCUT2D eigenvalue weighted by Gasteiger charge is -2.05. The van der Waals surface area contributed by atoms with Crippen LogP contribution < -0.4 is 0 Å². The number of alkyl halides is 1. The van der Waals surface area contributed by atoms with Crippen LogP contribution in [-0.2, 0) is 0 Å². The molecule has 0 aromatic rings. The lowest BCUT2D eigenvalue weighted by molar-refractivity contribution is 0.513. The number of rotatable bonds is 32. The van der Waals surface area contributed by atoms with Gasteiger partial charge in [-0.25, -0.2) is 0 Å². The van der Waals surface area contributed by atoms with Gasteiger partial charge in [-0.2, -0.15) is 22.2 Å². The molecule has 0 aliphatic rings. The second-order valence-electron chi connectivity index (χ2n) is 11.5. The van der Waals surface area contributed by atoms with Crippen LogP contribution in [0.25, 0.3) is 0 Å². The third-order valence-corrected chi connectivity index (χ3v) is 10.5. The Morgan fingerprint density at radius 1 is 0.278 bits per heavy atom. The topological polar surface area (TPSA) is 0 Å². The van der Waals surface area contributed by atoms with Crippen LogP contribution in [0.3, 0.4) is 0 Å². The molecule has 0 saturated heterocycles. The van der Waals surface area contributed by atoms with Crippen molar-refractivity contribution in [3.8, 4) is 0 Å². The molecular formula is C32H65BrCl2Si. The maximum Gasteiger partial charge on any atom is 0.237 e. The SMILES string of the molecule is Cl[SiH](Cl)CCCCCCCCCCCCCCCCCCCCCCCCCCCCCCCCBr. The van der Waals surface area contributed by atoms with Crippen LogP contribution in [0.5, 0.6) is 0 Å². The maximum atomic E-state index is 5.90. The highest BCUT2D eigenvalue weighted by Crippen LogP contribution is 2.17. The molecule has 36 heavy (non-hydrogen) atoms. The van der Waals surface area contributed by atoms with Crippen molar-refractivity contribution < 1.29 is 0 Å². The molecule has 0 saturated carbocycles. The Morgan fingerprint density at radius 3 is 0.611 bits per heavy atom. The van der Waals surface area contributed by atoms with Crippen molar-refractivity contribution in [3.63, 3.8) is 0 Å². The van der Waals surface area contributed by atoms with Crippen molar-refractivity contribution in [1.29, 1.82) is 0 Å². The van der Waals surface area contributed by atoms with Crippen molar-refractivity contribution in [2.45, 2.75) is 199 Å². The van der Waals surface area contributed by atoms with Crippen molar-refractivity contribution in [2.24, 2.45) is 0 Å². The molecule has 0 amide bonds. The number of hydrogen-bond donors (Lipinski definition) is 0. The summed E-state index contributed by atoms with van der Waals surface area (Å²) in [5, 5.41) is 1.18. The summed E-state index contributed by atoms with van der Waals surface area (Å²) in [4.78, 5) is 0. The van der Waals surface area contributed by atoms with Crippen molar-refractivity contribution in [1.82, 2.24) is 0 Å². The third kappa shape index (κ3) is 35.3. The van der Waals surface area contributed by atoms with Crippen LogP contribution in [0.1, 0.15) is 193 Å². The van der Waals surface area contributed by atoms with Crippen LogP contribution in [0.2, 0.25) is 6.04 Å². The van der Waals surface area contributed by atoms with Gasteiger partial charge in [0.1, 0.15) is 0 Å². The zero-order valence-electron chi connectivity index (χ0n) is 24.3. The smallest absolute Gasteiger partial charge is 0.150 e. The van der Waals surface area contributed by atoms with E-state index in [0.717, 1.165) is 6.04 Å². The standard InChI is InChI=1S/C32H65BrCl2Si/c33-31-29-27-25-23-21-19-17-15-13-11-9-7-5-3-1-2-4-6-8-10-12-14-16-18-20-22-24-26-28-30-32-36(34)35/h36H,1-32H2. The lowest BCUT2D eigenvalue weighted by Crippen LogP contribution is -1.91. The summed E-state index contributed by atoms with van der Waals surface area (Å²) in [7, 11) is -1.33. The van der Waals surface area contributed by atoms with Gasteiger partial charge in [0.05, 0.1) is 0 Å². The summed E-state index contributed by atoms with van der Waals surface area (Å²) < 4.78 is 0. The van der Waals surface area contributed by atoms with Gasteiger partial charge in [0, 0.05) is 5.33 Å². The second kappa shape index (κ2) is 34.3. The minimum atomic E-state index is -1.33. The molecule has 0 aliphatic carbocycles. The third-order valence-electron chi connectivity index (χ3n) is 7.81. The van der Waals surface area contributed by atoms with Crippen LogP contribution in [0, 0.1) is 0 Å². The molecule has 0 rings (SSSR count). The predicted molar refractivity (Wildman–Crippen MR) is 176 cm³/mol. The van der Waals surface area contributed by atoms with E-state index in [0.29, 0.717) is 0 Å². The van der Waals surface area contributed by atoms with E-state index in [-0.39, 0.29) is 0 Å². The monoisotopic (exact) mass is 626 g/mol. The fourth-order valence-corrected chi connectivity index (χ4v) is 7.26. The highest BCUT2D eigenvalue weighted by atomic mass is 79.9. The Labute approximate surface area is 248 Å². The number of unbranched alkanes of at least 4 members (excludes halogenated alkanes) is 29. The van der Waals surface area contributed by atoms with Crippen LogP contribution in [0.15, 0.2) is 0 Å². The first-order valence-corrected chi connectivity index (χ1v) is 22.0. The summed E-state index contributed by atoms with van der Waals surface area (Å²) >= 11 is 15.3. The fourth-order valence-electron chi connectivity index (χ4n) is 5.34. The maximum absolute atomic E-state index is 5.90. The molecule has 0 aromatic heterocycles. The Balaban J connectivity index is 3.01. The largest absolute Gasteiger partial charge is 0.237 e. The molecule has 0 N–H and O–H groups in total. The summed E-state index contributed by atoms with van der Waals surface area (Å²) in [6.45, 7) is 0. The molecule has 0 aromatic carbocycles. The van der Waals surface area contributed by atoms with E-state index in [2.05, 4.69) is 15.9 Å². The fraction of sp³-hybridized carbons (Fsp3) is 1.00. The van der Waals surface area contributed by atoms with E-state index in [4.69, 9.17) is 22.2 Å². The molecule has 0 fully saturated rings. The summed E-state index contributed by atoms with van der Waals surface area (Å²) in [5.41, 5.74) is 0. The van der Waals surface area contributed by atoms with Gasteiger partial charge in [-0.05, 0) is 12.5 Å². The van der Waals surface area contributed by atoms with E-state index in [1.54, 1.807) is 0 Å². The normalized spacial score (nSPS) is 11.7. The highest BCUT2D eigenvalue weighted by molar-refractivity contribution is 9.09. The molecule has 0 spiro atoms. The number of halogens is 3. The molecular weight excluding hydrogens is 563 g/mol. The zero-order chi connectivity index (χ0) is 26.2. The minimum absolute atomic E-state index is 1.10. The molecule has 0 aliphatic heterocycles. The molecule has 4 heteroatoms. The molecule has 0 nitrogen and oxygen atoms in total. The second-order valence-corrected chi connectivity index (χ2v) is 17.5. The van der Waals surface area contributed by atoms with Crippen molar-refractivity contribution in [3.05, 3.63) is 0 Å². The molecule has 0 bridgehead atoms. The van der Waals surface area contributed by atoms with Gasteiger partial charge in [-0.15, -0.1) is 0 Å². The van der Waals surface area contributed by atoms with Gasteiger partial charge in [0.2, 0.25) is 7.42 Å². The molecule has 0 unspecified atom stereocenters. The van der Waals surface area contributed by atoms with Gasteiger partial charge in [-0.1, -0.05) is 202 Å². The molecule has 0 radical (unpaired) electrons. The van der Waals surface area contributed by atoms with Gasteiger partial charge < -0.3 is 0 Å². The van der Waals surface area contributed by atoms with Crippen molar-refractivity contribution >= 4 is 45.5 Å².